The number of ether oxygens (including phenoxy) is 1. The summed E-state index contributed by atoms with van der Waals surface area (Å²) >= 11 is 0. The first-order chi connectivity index (χ1) is 11.8. The molecule has 0 radical (unpaired) electrons. The van der Waals surface area contributed by atoms with Crippen LogP contribution < -0.4 is 4.74 Å². The van der Waals surface area contributed by atoms with Crippen molar-refractivity contribution in [3.05, 3.63) is 59.7 Å². The van der Waals surface area contributed by atoms with Gasteiger partial charge in [-0.05, 0) is 56.2 Å². The van der Waals surface area contributed by atoms with Crippen LogP contribution in [0.15, 0.2) is 53.4 Å². The highest BCUT2D eigenvalue weighted by molar-refractivity contribution is 7.89. The number of aryl methyl sites for hydroxylation is 1. The molecular formula is C19H23NO4S. The average molecular weight is 361 g/mol. The SMILES string of the molecule is CCc1ccc(OC(=O)c2cccc(S(=O)(=O)N(C)C(C)C)c2)cc1. The minimum Gasteiger partial charge on any atom is -0.423 e. The zero-order valence-electron chi connectivity index (χ0n) is 14.9. The van der Waals surface area contributed by atoms with Gasteiger partial charge in [-0.2, -0.15) is 4.31 Å². The molecule has 0 fully saturated rings. The van der Waals surface area contributed by atoms with Crippen molar-refractivity contribution >= 4 is 16.0 Å². The summed E-state index contributed by atoms with van der Waals surface area (Å²) in [6.07, 6.45) is 0.900. The molecule has 0 unspecified atom stereocenters. The lowest BCUT2D eigenvalue weighted by Gasteiger charge is -2.21. The van der Waals surface area contributed by atoms with Crippen molar-refractivity contribution in [2.45, 2.75) is 38.1 Å². The second kappa shape index (κ2) is 7.80. The number of nitrogens with zero attached hydrogens (tertiary/aromatic N) is 1. The van der Waals surface area contributed by atoms with E-state index in [1.54, 1.807) is 26.0 Å². The topological polar surface area (TPSA) is 63.7 Å². The summed E-state index contributed by atoms with van der Waals surface area (Å²) in [6, 6.07) is 12.9. The molecule has 0 saturated carbocycles. The maximum Gasteiger partial charge on any atom is 0.343 e. The maximum absolute atomic E-state index is 12.6. The van der Waals surface area contributed by atoms with Gasteiger partial charge in [0.15, 0.2) is 0 Å². The molecule has 2 aromatic rings. The molecule has 0 atom stereocenters. The average Bonchev–Trinajstić information content (AvgIpc) is 2.61. The Kier molecular flexibility index (Phi) is 5.98. The highest BCUT2D eigenvalue weighted by atomic mass is 32.2. The predicted octanol–water partition coefficient (Wildman–Crippen LogP) is 3.50. The van der Waals surface area contributed by atoms with E-state index in [9.17, 15) is 13.2 Å². The molecule has 0 bridgehead atoms. The molecule has 6 heteroatoms. The quantitative estimate of drug-likeness (QED) is 0.583. The Balaban J connectivity index is 2.24. The van der Waals surface area contributed by atoms with Crippen molar-refractivity contribution < 1.29 is 17.9 Å². The molecule has 0 heterocycles. The molecule has 0 N–H and O–H groups in total. The third-order valence-corrected chi connectivity index (χ3v) is 6.05. The van der Waals surface area contributed by atoms with Crippen molar-refractivity contribution in [1.29, 1.82) is 0 Å². The smallest absolute Gasteiger partial charge is 0.343 e. The summed E-state index contributed by atoms with van der Waals surface area (Å²) in [7, 11) is -2.14. The van der Waals surface area contributed by atoms with Gasteiger partial charge in [0.1, 0.15) is 5.75 Å². The van der Waals surface area contributed by atoms with Gasteiger partial charge < -0.3 is 4.74 Å². The van der Waals surface area contributed by atoms with Crippen LogP contribution in [0.25, 0.3) is 0 Å². The number of benzene rings is 2. The zero-order chi connectivity index (χ0) is 18.6. The fraction of sp³-hybridized carbons (Fsp3) is 0.316. The van der Waals surface area contributed by atoms with Crippen LogP contribution in [0.5, 0.6) is 5.75 Å². The number of carbonyl (C=O) groups is 1. The highest BCUT2D eigenvalue weighted by Gasteiger charge is 2.24. The largest absolute Gasteiger partial charge is 0.423 e. The van der Waals surface area contributed by atoms with Crippen LogP contribution in [-0.4, -0.2) is 31.8 Å². The van der Waals surface area contributed by atoms with Gasteiger partial charge in [0.05, 0.1) is 10.5 Å². The highest BCUT2D eigenvalue weighted by Crippen LogP contribution is 2.20. The van der Waals surface area contributed by atoms with E-state index in [1.807, 2.05) is 19.1 Å². The Morgan fingerprint density at radius 2 is 1.76 bits per heavy atom. The zero-order valence-corrected chi connectivity index (χ0v) is 15.7. The van der Waals surface area contributed by atoms with Crippen molar-refractivity contribution in [2.24, 2.45) is 0 Å². The first-order valence-corrected chi connectivity index (χ1v) is 9.59. The summed E-state index contributed by atoms with van der Waals surface area (Å²) in [5.41, 5.74) is 1.34. The van der Waals surface area contributed by atoms with Crippen LogP contribution in [0.2, 0.25) is 0 Å². The van der Waals surface area contributed by atoms with Gasteiger partial charge in [0.2, 0.25) is 10.0 Å². The molecule has 2 aromatic carbocycles. The third-order valence-electron chi connectivity index (χ3n) is 4.02. The van der Waals surface area contributed by atoms with E-state index in [0.29, 0.717) is 5.75 Å². The van der Waals surface area contributed by atoms with Gasteiger partial charge in [-0.3, -0.25) is 0 Å². The lowest BCUT2D eigenvalue weighted by molar-refractivity contribution is 0.0734. The summed E-state index contributed by atoms with van der Waals surface area (Å²) in [4.78, 5) is 12.4. The van der Waals surface area contributed by atoms with E-state index in [1.165, 1.54) is 35.6 Å². The molecular weight excluding hydrogens is 338 g/mol. The third kappa shape index (κ3) is 4.46. The molecule has 0 aliphatic rings. The number of esters is 1. The van der Waals surface area contributed by atoms with Gasteiger partial charge >= 0.3 is 5.97 Å². The van der Waals surface area contributed by atoms with Crippen LogP contribution in [0.4, 0.5) is 0 Å². The van der Waals surface area contributed by atoms with E-state index >= 15 is 0 Å². The normalized spacial score (nSPS) is 11.8. The maximum atomic E-state index is 12.6. The Hall–Kier alpha value is -2.18. The number of sulfonamides is 1. The number of hydrogen-bond acceptors (Lipinski definition) is 4. The molecule has 0 aliphatic carbocycles. The van der Waals surface area contributed by atoms with E-state index in [0.717, 1.165) is 12.0 Å². The summed E-state index contributed by atoms with van der Waals surface area (Å²) in [5.74, 6) is -0.164. The Bertz CT molecular complexity index is 842. The van der Waals surface area contributed by atoms with E-state index in [-0.39, 0.29) is 16.5 Å². The van der Waals surface area contributed by atoms with Gasteiger partial charge in [0.25, 0.3) is 0 Å². The van der Waals surface area contributed by atoms with E-state index < -0.39 is 16.0 Å². The van der Waals surface area contributed by atoms with Gasteiger partial charge in [-0.1, -0.05) is 25.1 Å². The lowest BCUT2D eigenvalue weighted by atomic mass is 10.2. The Labute approximate surface area is 149 Å². The minimum absolute atomic E-state index is 0.0690. The van der Waals surface area contributed by atoms with Gasteiger partial charge in [-0.15, -0.1) is 0 Å². The van der Waals surface area contributed by atoms with Crippen LogP contribution in [0.3, 0.4) is 0 Å². The monoisotopic (exact) mass is 361 g/mol. The molecule has 0 amide bonds. The Morgan fingerprint density at radius 3 is 2.32 bits per heavy atom. The molecule has 25 heavy (non-hydrogen) atoms. The van der Waals surface area contributed by atoms with E-state index in [2.05, 4.69) is 0 Å². The minimum atomic E-state index is -3.65. The second-order valence-electron chi connectivity index (χ2n) is 6.03. The number of hydrogen-bond donors (Lipinski definition) is 0. The lowest BCUT2D eigenvalue weighted by Crippen LogP contribution is -2.33. The summed E-state index contributed by atoms with van der Waals surface area (Å²) < 4.78 is 31.7. The van der Waals surface area contributed by atoms with E-state index in [4.69, 9.17) is 4.74 Å². The molecule has 0 aliphatic heterocycles. The first-order valence-electron chi connectivity index (χ1n) is 8.15. The van der Waals surface area contributed by atoms with Crippen LogP contribution >= 0.6 is 0 Å². The van der Waals surface area contributed by atoms with Crippen molar-refractivity contribution in [1.82, 2.24) is 4.31 Å². The number of carbonyl (C=O) groups excluding carboxylic acids is 1. The van der Waals surface area contributed by atoms with Crippen LogP contribution in [0.1, 0.15) is 36.7 Å². The molecule has 0 aromatic heterocycles. The standard InChI is InChI=1S/C19H23NO4S/c1-5-15-9-11-17(12-10-15)24-19(21)16-7-6-8-18(13-16)25(22,23)20(4)14(2)3/h6-14H,5H2,1-4H3. The van der Waals surface area contributed by atoms with Crippen LogP contribution in [0, 0.1) is 0 Å². The predicted molar refractivity (Wildman–Crippen MR) is 97.3 cm³/mol. The summed E-state index contributed by atoms with van der Waals surface area (Å²) in [6.45, 7) is 5.62. The molecule has 2 rings (SSSR count). The van der Waals surface area contributed by atoms with Crippen molar-refractivity contribution in [3.8, 4) is 5.75 Å². The second-order valence-corrected chi connectivity index (χ2v) is 8.03. The fourth-order valence-electron chi connectivity index (χ4n) is 2.19. The fourth-order valence-corrected chi connectivity index (χ4v) is 3.60. The molecule has 0 saturated heterocycles. The molecule has 5 nitrogen and oxygen atoms in total. The Morgan fingerprint density at radius 1 is 1.12 bits per heavy atom. The molecule has 0 spiro atoms. The van der Waals surface area contributed by atoms with Gasteiger partial charge in [-0.25, -0.2) is 13.2 Å². The van der Waals surface area contributed by atoms with Crippen molar-refractivity contribution in [3.63, 3.8) is 0 Å². The first kappa shape index (κ1) is 19.1. The molecule has 134 valence electrons. The summed E-state index contributed by atoms with van der Waals surface area (Å²) in [5, 5.41) is 0. The van der Waals surface area contributed by atoms with Gasteiger partial charge in [0, 0.05) is 13.1 Å². The van der Waals surface area contributed by atoms with Crippen molar-refractivity contribution in [2.75, 3.05) is 7.05 Å². The number of rotatable bonds is 6. The van der Waals surface area contributed by atoms with Crippen LogP contribution in [-0.2, 0) is 16.4 Å².